The van der Waals surface area contributed by atoms with Crippen molar-refractivity contribution in [2.75, 3.05) is 10.6 Å². The number of rotatable bonds is 0. The molecule has 1 aliphatic heterocycles. The number of carbonyl (C=O) groups excluding carboxylic acids is 2. The summed E-state index contributed by atoms with van der Waals surface area (Å²) in [5, 5.41) is 10.3. The second-order valence-corrected chi connectivity index (χ2v) is 9.13. The predicted octanol–water partition coefficient (Wildman–Crippen LogP) is 6.94. The largest absolute Gasteiger partial charge is 0.321 e. The standard InChI is InChI=1S/C32H20N4O2/c37-31-23-11-5-17-33-29(23)30-24(12-6-18-34-30)32(38)36-26-16-14-20-8-2-4-10-22(20)28(26)27-21-9-3-1-7-19(21)13-15-25(27)35-31/h1-18H,(H,35,37)(H,36,38). The number of anilines is 2. The molecule has 0 spiro atoms. The summed E-state index contributed by atoms with van der Waals surface area (Å²) in [4.78, 5) is 36.5. The summed E-state index contributed by atoms with van der Waals surface area (Å²) in [6.45, 7) is 0. The third-order valence-electron chi connectivity index (χ3n) is 6.93. The summed E-state index contributed by atoms with van der Waals surface area (Å²) >= 11 is 0. The third kappa shape index (κ3) is 3.43. The van der Waals surface area contributed by atoms with Crippen LogP contribution in [0.25, 0.3) is 44.1 Å². The molecule has 0 fully saturated rings. The van der Waals surface area contributed by atoms with Crippen molar-refractivity contribution in [2.45, 2.75) is 0 Å². The lowest BCUT2D eigenvalue weighted by molar-refractivity contribution is 0.101. The molecule has 3 heterocycles. The summed E-state index contributed by atoms with van der Waals surface area (Å²) in [5.41, 5.74) is 4.29. The first-order valence-corrected chi connectivity index (χ1v) is 12.3. The molecule has 38 heavy (non-hydrogen) atoms. The first kappa shape index (κ1) is 21.9. The van der Waals surface area contributed by atoms with Crippen LogP contribution in [0.15, 0.2) is 109 Å². The van der Waals surface area contributed by atoms with E-state index in [1.54, 1.807) is 36.7 Å². The number of nitrogens with one attached hydrogen (secondary N) is 2. The average Bonchev–Trinajstić information content (AvgIpc) is 2.97. The molecule has 0 radical (unpaired) electrons. The molecule has 1 aliphatic rings. The molecular formula is C32H20N4O2. The molecule has 2 N–H and O–H groups in total. The highest BCUT2D eigenvalue weighted by atomic mass is 16.2. The molecule has 0 saturated heterocycles. The fraction of sp³-hybridized carbons (Fsp3) is 0. The lowest BCUT2D eigenvalue weighted by atomic mass is 9.90. The minimum atomic E-state index is -0.330. The van der Waals surface area contributed by atoms with E-state index in [1.807, 2.05) is 72.8 Å². The van der Waals surface area contributed by atoms with Gasteiger partial charge in [-0.15, -0.1) is 0 Å². The minimum absolute atomic E-state index is 0.330. The van der Waals surface area contributed by atoms with E-state index in [0.29, 0.717) is 33.9 Å². The topological polar surface area (TPSA) is 84.0 Å². The van der Waals surface area contributed by atoms with E-state index < -0.39 is 0 Å². The maximum atomic E-state index is 13.8. The van der Waals surface area contributed by atoms with E-state index in [-0.39, 0.29) is 11.8 Å². The Kier molecular flexibility index (Phi) is 4.97. The zero-order valence-electron chi connectivity index (χ0n) is 20.1. The van der Waals surface area contributed by atoms with Crippen molar-refractivity contribution < 1.29 is 9.59 Å². The zero-order valence-corrected chi connectivity index (χ0v) is 20.1. The van der Waals surface area contributed by atoms with Crippen molar-refractivity contribution in [2.24, 2.45) is 0 Å². The predicted molar refractivity (Wildman–Crippen MR) is 150 cm³/mol. The number of hydrogen-bond acceptors (Lipinski definition) is 4. The third-order valence-corrected chi connectivity index (χ3v) is 6.93. The molecule has 0 bridgehead atoms. The lowest BCUT2D eigenvalue weighted by Crippen LogP contribution is -2.19. The normalized spacial score (nSPS) is 12.7. The molecule has 7 rings (SSSR count). The van der Waals surface area contributed by atoms with Crippen LogP contribution in [0.4, 0.5) is 11.4 Å². The minimum Gasteiger partial charge on any atom is -0.321 e. The Balaban J connectivity index is 1.61. The van der Waals surface area contributed by atoms with Gasteiger partial charge in [-0.2, -0.15) is 0 Å². The van der Waals surface area contributed by atoms with Gasteiger partial charge < -0.3 is 10.6 Å². The van der Waals surface area contributed by atoms with E-state index in [2.05, 4.69) is 20.6 Å². The van der Waals surface area contributed by atoms with Gasteiger partial charge in [0.1, 0.15) is 11.4 Å². The summed E-state index contributed by atoms with van der Waals surface area (Å²) in [6, 6.07) is 30.7. The van der Waals surface area contributed by atoms with Crippen LogP contribution in [0.2, 0.25) is 0 Å². The fourth-order valence-corrected chi connectivity index (χ4v) is 5.22. The second kappa shape index (κ2) is 8.64. The van der Waals surface area contributed by atoms with Gasteiger partial charge in [-0.05, 0) is 57.9 Å². The van der Waals surface area contributed by atoms with Gasteiger partial charge in [-0.3, -0.25) is 19.6 Å². The average molecular weight is 493 g/mol. The van der Waals surface area contributed by atoms with Gasteiger partial charge in [0.05, 0.1) is 11.1 Å². The van der Waals surface area contributed by atoms with Crippen molar-refractivity contribution >= 4 is 44.7 Å². The number of nitrogens with zero attached hydrogens (tertiary/aromatic N) is 2. The molecule has 6 heteroatoms. The first-order valence-electron chi connectivity index (χ1n) is 12.3. The highest BCUT2D eigenvalue weighted by Gasteiger charge is 2.25. The van der Waals surface area contributed by atoms with Crippen molar-refractivity contribution in [1.82, 2.24) is 9.97 Å². The smallest absolute Gasteiger partial charge is 0.257 e. The van der Waals surface area contributed by atoms with Gasteiger partial charge in [-0.25, -0.2) is 0 Å². The zero-order chi connectivity index (χ0) is 25.6. The van der Waals surface area contributed by atoms with Crippen molar-refractivity contribution in [3.63, 3.8) is 0 Å². The number of hydrogen-bond donors (Lipinski definition) is 2. The quantitative estimate of drug-likeness (QED) is 0.241. The van der Waals surface area contributed by atoms with E-state index in [0.717, 1.165) is 32.7 Å². The number of benzene rings is 4. The summed E-state index contributed by atoms with van der Waals surface area (Å²) in [6.07, 6.45) is 3.19. The Morgan fingerprint density at radius 3 is 1.39 bits per heavy atom. The number of aromatic nitrogens is 2. The number of fused-ring (bicyclic) bond motifs is 10. The Hall–Kier alpha value is -5.36. The van der Waals surface area contributed by atoms with Crippen molar-refractivity contribution in [1.29, 1.82) is 0 Å². The molecule has 180 valence electrons. The van der Waals surface area contributed by atoms with E-state index in [9.17, 15) is 9.59 Å². The van der Waals surface area contributed by atoms with Gasteiger partial charge in [0.2, 0.25) is 0 Å². The van der Waals surface area contributed by atoms with Crippen molar-refractivity contribution in [3.05, 3.63) is 121 Å². The molecule has 0 aliphatic carbocycles. The molecule has 0 atom stereocenters. The van der Waals surface area contributed by atoms with Gasteiger partial charge in [0, 0.05) is 34.9 Å². The van der Waals surface area contributed by atoms with E-state index in [1.165, 1.54) is 0 Å². The van der Waals surface area contributed by atoms with Crippen LogP contribution in [-0.2, 0) is 0 Å². The molecule has 2 aromatic heterocycles. The van der Waals surface area contributed by atoms with Crippen LogP contribution >= 0.6 is 0 Å². The van der Waals surface area contributed by atoms with Crippen LogP contribution in [0.5, 0.6) is 0 Å². The van der Waals surface area contributed by atoms with E-state index in [4.69, 9.17) is 0 Å². The number of amides is 2. The molecule has 2 amide bonds. The SMILES string of the molecule is O=C1Nc2ccc3ccccc3c2-c2c(ccc3ccccc23)NC(=O)c2cccnc2-c2ncccc21. The van der Waals surface area contributed by atoms with Gasteiger partial charge in [0.15, 0.2) is 0 Å². The molecule has 0 unspecified atom stereocenters. The molecule has 6 nitrogen and oxygen atoms in total. The highest BCUT2D eigenvalue weighted by Crippen LogP contribution is 2.44. The molecule has 4 aromatic carbocycles. The van der Waals surface area contributed by atoms with Gasteiger partial charge in [0.25, 0.3) is 11.8 Å². The Labute approximate surface area is 218 Å². The van der Waals surface area contributed by atoms with Crippen molar-refractivity contribution in [3.8, 4) is 22.5 Å². The van der Waals surface area contributed by atoms with Crippen LogP contribution in [-0.4, -0.2) is 21.8 Å². The highest BCUT2D eigenvalue weighted by molar-refractivity contribution is 6.20. The maximum Gasteiger partial charge on any atom is 0.257 e. The van der Waals surface area contributed by atoms with Crippen LogP contribution < -0.4 is 10.6 Å². The lowest BCUT2D eigenvalue weighted by Gasteiger charge is -2.21. The molecular weight excluding hydrogens is 472 g/mol. The van der Waals surface area contributed by atoms with Crippen LogP contribution in [0.3, 0.4) is 0 Å². The molecule has 6 aromatic rings. The second-order valence-electron chi connectivity index (χ2n) is 9.13. The monoisotopic (exact) mass is 492 g/mol. The maximum absolute atomic E-state index is 13.8. The first-order chi connectivity index (χ1) is 18.7. The van der Waals surface area contributed by atoms with Crippen LogP contribution in [0.1, 0.15) is 20.7 Å². The number of pyridine rings is 2. The number of carbonyl (C=O) groups is 2. The summed E-state index contributed by atoms with van der Waals surface area (Å²) in [5.74, 6) is -0.659. The van der Waals surface area contributed by atoms with Gasteiger partial charge >= 0.3 is 0 Å². The molecule has 0 saturated carbocycles. The Morgan fingerprint density at radius 2 is 0.921 bits per heavy atom. The summed E-state index contributed by atoms with van der Waals surface area (Å²) < 4.78 is 0. The van der Waals surface area contributed by atoms with E-state index >= 15 is 0 Å². The Bertz CT molecular complexity index is 1790. The Morgan fingerprint density at radius 1 is 0.474 bits per heavy atom. The summed E-state index contributed by atoms with van der Waals surface area (Å²) in [7, 11) is 0. The van der Waals surface area contributed by atoms with Gasteiger partial charge in [-0.1, -0.05) is 60.7 Å². The van der Waals surface area contributed by atoms with Crippen LogP contribution in [0, 0.1) is 0 Å². The fourth-order valence-electron chi connectivity index (χ4n) is 5.22.